The Morgan fingerprint density at radius 1 is 1.04 bits per heavy atom. The van der Waals surface area contributed by atoms with Crippen LogP contribution >= 0.6 is 15.9 Å². The quantitative estimate of drug-likeness (QED) is 0.652. The first kappa shape index (κ1) is 16.5. The minimum Gasteiger partial charge on any atom is -0.492 e. The van der Waals surface area contributed by atoms with Gasteiger partial charge in [0.15, 0.2) is 0 Å². The number of ether oxygens (including phenoxy) is 1. The van der Waals surface area contributed by atoms with Crippen molar-refractivity contribution in [3.05, 3.63) is 76.5 Å². The maximum absolute atomic E-state index is 13.6. The SMILES string of the molecule is O=C(NCCOc1ccc2ccccc2c1)c1cc(Br)ccc1F. The topological polar surface area (TPSA) is 38.3 Å². The molecule has 0 aliphatic carbocycles. The molecule has 0 aromatic heterocycles. The lowest BCUT2D eigenvalue weighted by Crippen LogP contribution is -2.28. The molecule has 3 aromatic rings. The fourth-order valence-corrected chi connectivity index (χ4v) is 2.72. The summed E-state index contributed by atoms with van der Waals surface area (Å²) in [5.41, 5.74) is 0.00933. The molecule has 3 aromatic carbocycles. The number of carbonyl (C=O) groups is 1. The summed E-state index contributed by atoms with van der Waals surface area (Å²) in [7, 11) is 0. The van der Waals surface area contributed by atoms with Crippen LogP contribution in [0.5, 0.6) is 5.75 Å². The monoisotopic (exact) mass is 387 g/mol. The molecule has 0 atom stereocenters. The fraction of sp³-hybridized carbons (Fsp3) is 0.105. The number of halogens is 2. The van der Waals surface area contributed by atoms with Crippen LogP contribution in [-0.4, -0.2) is 19.1 Å². The van der Waals surface area contributed by atoms with Gasteiger partial charge in [0.2, 0.25) is 0 Å². The highest BCUT2D eigenvalue weighted by Crippen LogP contribution is 2.20. The first-order chi connectivity index (χ1) is 11.6. The Labute approximate surface area is 147 Å². The highest BCUT2D eigenvalue weighted by Gasteiger charge is 2.11. The zero-order valence-corrected chi connectivity index (χ0v) is 14.3. The summed E-state index contributed by atoms with van der Waals surface area (Å²) in [6.07, 6.45) is 0. The van der Waals surface area contributed by atoms with E-state index < -0.39 is 11.7 Å². The van der Waals surface area contributed by atoms with E-state index in [1.54, 1.807) is 6.07 Å². The van der Waals surface area contributed by atoms with Crippen molar-refractivity contribution >= 4 is 32.6 Å². The highest BCUT2D eigenvalue weighted by molar-refractivity contribution is 9.10. The summed E-state index contributed by atoms with van der Waals surface area (Å²) in [6.45, 7) is 0.595. The minimum atomic E-state index is -0.550. The molecule has 3 rings (SSSR count). The zero-order valence-electron chi connectivity index (χ0n) is 12.8. The van der Waals surface area contributed by atoms with Crippen molar-refractivity contribution < 1.29 is 13.9 Å². The summed E-state index contributed by atoms with van der Waals surface area (Å²) in [6, 6.07) is 18.1. The molecular weight excluding hydrogens is 373 g/mol. The average Bonchev–Trinajstić information content (AvgIpc) is 2.60. The summed E-state index contributed by atoms with van der Waals surface area (Å²) >= 11 is 3.23. The molecule has 0 unspecified atom stereocenters. The van der Waals surface area contributed by atoms with Gasteiger partial charge in [0.25, 0.3) is 5.91 Å². The third kappa shape index (κ3) is 3.92. The predicted molar refractivity (Wildman–Crippen MR) is 95.9 cm³/mol. The van der Waals surface area contributed by atoms with Gasteiger partial charge in [-0.3, -0.25) is 4.79 Å². The predicted octanol–water partition coefficient (Wildman–Crippen LogP) is 4.55. The van der Waals surface area contributed by atoms with Crippen LogP contribution < -0.4 is 10.1 Å². The molecule has 0 heterocycles. The Balaban J connectivity index is 1.54. The van der Waals surface area contributed by atoms with Crippen molar-refractivity contribution in [3.63, 3.8) is 0 Å². The van der Waals surface area contributed by atoms with E-state index in [-0.39, 0.29) is 12.1 Å². The number of rotatable bonds is 5. The first-order valence-corrected chi connectivity index (χ1v) is 8.27. The van der Waals surface area contributed by atoms with Crippen molar-refractivity contribution in [3.8, 4) is 5.75 Å². The standard InChI is InChI=1S/C19H15BrFNO2/c20-15-6-8-18(21)17(12-15)19(23)22-9-10-24-16-7-5-13-3-1-2-4-14(13)11-16/h1-8,11-12H,9-10H2,(H,22,23). The van der Waals surface area contributed by atoms with Gasteiger partial charge in [0, 0.05) is 4.47 Å². The van der Waals surface area contributed by atoms with Crippen LogP contribution in [-0.2, 0) is 0 Å². The second-order valence-electron chi connectivity index (χ2n) is 5.24. The van der Waals surface area contributed by atoms with Gasteiger partial charge in [0.1, 0.15) is 18.2 Å². The second kappa shape index (κ2) is 7.45. The molecule has 1 N–H and O–H groups in total. The number of amides is 1. The van der Waals surface area contributed by atoms with Crippen molar-refractivity contribution in [1.82, 2.24) is 5.32 Å². The lowest BCUT2D eigenvalue weighted by molar-refractivity contribution is 0.0943. The second-order valence-corrected chi connectivity index (χ2v) is 6.15. The molecule has 0 aliphatic heterocycles. The molecule has 0 spiro atoms. The maximum atomic E-state index is 13.6. The molecule has 0 aliphatic rings. The van der Waals surface area contributed by atoms with Gasteiger partial charge in [0.05, 0.1) is 12.1 Å². The normalized spacial score (nSPS) is 10.6. The van der Waals surface area contributed by atoms with Gasteiger partial charge in [-0.2, -0.15) is 0 Å². The van der Waals surface area contributed by atoms with Gasteiger partial charge in [-0.1, -0.05) is 46.3 Å². The van der Waals surface area contributed by atoms with E-state index in [9.17, 15) is 9.18 Å². The zero-order chi connectivity index (χ0) is 16.9. The van der Waals surface area contributed by atoms with Crippen LogP contribution in [0.4, 0.5) is 4.39 Å². The minimum absolute atomic E-state index is 0.00933. The van der Waals surface area contributed by atoms with Crippen LogP contribution in [0.2, 0.25) is 0 Å². The summed E-state index contributed by atoms with van der Waals surface area (Å²) in [5, 5.41) is 4.88. The molecule has 0 saturated carbocycles. The third-order valence-corrected chi connectivity index (χ3v) is 4.04. The number of fused-ring (bicyclic) bond motifs is 1. The Kier molecular flexibility index (Phi) is 5.11. The van der Waals surface area contributed by atoms with Crippen molar-refractivity contribution in [2.45, 2.75) is 0 Å². The summed E-state index contributed by atoms with van der Waals surface area (Å²) in [4.78, 5) is 12.0. The molecule has 0 saturated heterocycles. The van der Waals surface area contributed by atoms with E-state index in [1.807, 2.05) is 42.5 Å². The number of benzene rings is 3. The largest absolute Gasteiger partial charge is 0.492 e. The van der Waals surface area contributed by atoms with Gasteiger partial charge >= 0.3 is 0 Å². The first-order valence-electron chi connectivity index (χ1n) is 7.48. The Bertz CT molecular complexity index is 882. The van der Waals surface area contributed by atoms with E-state index >= 15 is 0 Å². The molecular formula is C19H15BrFNO2. The van der Waals surface area contributed by atoms with Gasteiger partial charge in [-0.05, 0) is 41.1 Å². The van der Waals surface area contributed by atoms with E-state index in [0.29, 0.717) is 11.1 Å². The smallest absolute Gasteiger partial charge is 0.254 e. The Hall–Kier alpha value is -2.40. The van der Waals surface area contributed by atoms with Crippen molar-refractivity contribution in [2.24, 2.45) is 0 Å². The molecule has 0 radical (unpaired) electrons. The molecule has 24 heavy (non-hydrogen) atoms. The summed E-state index contributed by atoms with van der Waals surface area (Å²) < 4.78 is 19.9. The van der Waals surface area contributed by atoms with Crippen LogP contribution in [0.3, 0.4) is 0 Å². The molecule has 0 fully saturated rings. The van der Waals surface area contributed by atoms with Crippen LogP contribution in [0.15, 0.2) is 65.1 Å². The number of hydrogen-bond donors (Lipinski definition) is 1. The van der Waals surface area contributed by atoms with Crippen LogP contribution in [0, 0.1) is 5.82 Å². The van der Waals surface area contributed by atoms with Gasteiger partial charge in [-0.25, -0.2) is 4.39 Å². The van der Waals surface area contributed by atoms with E-state index in [1.165, 1.54) is 12.1 Å². The van der Waals surface area contributed by atoms with E-state index in [0.717, 1.165) is 16.5 Å². The van der Waals surface area contributed by atoms with E-state index in [2.05, 4.69) is 21.2 Å². The van der Waals surface area contributed by atoms with Gasteiger partial charge < -0.3 is 10.1 Å². The highest BCUT2D eigenvalue weighted by atomic mass is 79.9. The number of hydrogen-bond acceptors (Lipinski definition) is 2. The molecule has 3 nitrogen and oxygen atoms in total. The van der Waals surface area contributed by atoms with Crippen LogP contribution in [0.1, 0.15) is 10.4 Å². The fourth-order valence-electron chi connectivity index (χ4n) is 2.36. The lowest BCUT2D eigenvalue weighted by Gasteiger charge is -2.09. The van der Waals surface area contributed by atoms with Gasteiger partial charge in [-0.15, -0.1) is 0 Å². The summed E-state index contributed by atoms with van der Waals surface area (Å²) in [5.74, 6) is -0.279. The number of nitrogens with one attached hydrogen (secondary N) is 1. The maximum Gasteiger partial charge on any atom is 0.254 e. The Morgan fingerprint density at radius 3 is 2.67 bits per heavy atom. The van der Waals surface area contributed by atoms with E-state index in [4.69, 9.17) is 4.74 Å². The van der Waals surface area contributed by atoms with Crippen molar-refractivity contribution in [2.75, 3.05) is 13.2 Å². The molecule has 1 amide bonds. The number of carbonyl (C=O) groups excluding carboxylic acids is 1. The molecule has 5 heteroatoms. The lowest BCUT2D eigenvalue weighted by atomic mass is 10.1. The molecule has 122 valence electrons. The molecule has 0 bridgehead atoms. The van der Waals surface area contributed by atoms with Crippen molar-refractivity contribution in [1.29, 1.82) is 0 Å². The average molecular weight is 388 g/mol. The third-order valence-electron chi connectivity index (χ3n) is 3.55. The Morgan fingerprint density at radius 2 is 1.83 bits per heavy atom. The van der Waals surface area contributed by atoms with Crippen LogP contribution in [0.25, 0.3) is 10.8 Å².